The summed E-state index contributed by atoms with van der Waals surface area (Å²) in [5.74, 6) is 2.72. The molecule has 0 aromatic heterocycles. The number of hydrogen-bond donors (Lipinski definition) is 1. The molecule has 1 fully saturated rings. The third kappa shape index (κ3) is 8.42. The largest absolute Gasteiger partial charge is 0.497 e. The van der Waals surface area contributed by atoms with Crippen LogP contribution < -0.4 is 14.8 Å². The fraction of sp³-hybridized carbons (Fsp3) is 0.440. The van der Waals surface area contributed by atoms with Gasteiger partial charge in [-0.2, -0.15) is 0 Å². The third-order valence-corrected chi connectivity index (χ3v) is 5.40. The number of likely N-dealkylation sites (N-methyl/N-ethyl adjacent to an activating group) is 1. The van der Waals surface area contributed by atoms with Crippen LogP contribution in [0.4, 0.5) is 0 Å². The molecule has 0 saturated carbocycles. The van der Waals surface area contributed by atoms with Crippen molar-refractivity contribution in [1.82, 2.24) is 15.1 Å². The Balaban J connectivity index is 0.00000385. The van der Waals surface area contributed by atoms with Gasteiger partial charge >= 0.3 is 0 Å². The summed E-state index contributed by atoms with van der Waals surface area (Å²) < 4.78 is 11.0. The molecule has 0 atom stereocenters. The SMILES string of the molecule is CCNC(=NCc1cccc(CN2CCCC2=O)c1)N(C)CCOc1ccc(OC)cc1.I. The minimum Gasteiger partial charge on any atom is -0.497 e. The molecule has 1 aliphatic rings. The van der Waals surface area contributed by atoms with Crippen molar-refractivity contribution < 1.29 is 14.3 Å². The van der Waals surface area contributed by atoms with Gasteiger partial charge < -0.3 is 24.6 Å². The molecule has 2 aromatic rings. The average Bonchev–Trinajstić information content (AvgIpc) is 3.21. The molecular formula is C25H35IN4O3. The van der Waals surface area contributed by atoms with Gasteiger partial charge in [-0.1, -0.05) is 24.3 Å². The number of nitrogens with one attached hydrogen (secondary N) is 1. The van der Waals surface area contributed by atoms with E-state index in [1.165, 1.54) is 0 Å². The number of methoxy groups -OCH3 is 1. The molecule has 0 radical (unpaired) electrons. The van der Waals surface area contributed by atoms with E-state index in [0.717, 1.165) is 48.1 Å². The summed E-state index contributed by atoms with van der Waals surface area (Å²) in [7, 11) is 3.66. The summed E-state index contributed by atoms with van der Waals surface area (Å²) in [6.07, 6.45) is 1.63. The predicted molar refractivity (Wildman–Crippen MR) is 142 cm³/mol. The number of carbonyl (C=O) groups excluding carboxylic acids is 1. The topological polar surface area (TPSA) is 66.4 Å². The van der Waals surface area contributed by atoms with Gasteiger partial charge in [-0.15, -0.1) is 24.0 Å². The molecule has 180 valence electrons. The van der Waals surface area contributed by atoms with Gasteiger partial charge in [0.25, 0.3) is 0 Å². The maximum atomic E-state index is 11.9. The monoisotopic (exact) mass is 566 g/mol. The van der Waals surface area contributed by atoms with Crippen LogP contribution in [0.15, 0.2) is 53.5 Å². The molecular weight excluding hydrogens is 531 g/mol. The molecule has 1 aliphatic heterocycles. The van der Waals surface area contributed by atoms with E-state index in [4.69, 9.17) is 14.5 Å². The number of rotatable bonds is 10. The first-order chi connectivity index (χ1) is 15.6. The van der Waals surface area contributed by atoms with Crippen LogP contribution in [0.5, 0.6) is 11.5 Å². The Labute approximate surface area is 214 Å². The first-order valence-corrected chi connectivity index (χ1v) is 11.2. The zero-order valence-electron chi connectivity index (χ0n) is 19.8. The van der Waals surface area contributed by atoms with E-state index in [-0.39, 0.29) is 29.9 Å². The van der Waals surface area contributed by atoms with Gasteiger partial charge in [-0.05, 0) is 48.7 Å². The zero-order valence-corrected chi connectivity index (χ0v) is 22.1. The lowest BCUT2D eigenvalue weighted by Crippen LogP contribution is -2.40. The highest BCUT2D eigenvalue weighted by atomic mass is 127. The Bertz CT molecular complexity index is 905. The van der Waals surface area contributed by atoms with E-state index in [0.29, 0.717) is 32.7 Å². The third-order valence-electron chi connectivity index (χ3n) is 5.40. The molecule has 1 saturated heterocycles. The number of carbonyl (C=O) groups is 1. The Kier molecular flexibility index (Phi) is 11.3. The molecule has 3 rings (SSSR count). The summed E-state index contributed by atoms with van der Waals surface area (Å²) in [5.41, 5.74) is 2.28. The van der Waals surface area contributed by atoms with Crippen LogP contribution >= 0.6 is 24.0 Å². The number of halogens is 1. The van der Waals surface area contributed by atoms with E-state index < -0.39 is 0 Å². The minimum atomic E-state index is 0. The van der Waals surface area contributed by atoms with Gasteiger partial charge in [-0.3, -0.25) is 4.79 Å². The molecule has 2 aromatic carbocycles. The predicted octanol–water partition coefficient (Wildman–Crippen LogP) is 3.91. The lowest BCUT2D eigenvalue weighted by Gasteiger charge is -2.22. The van der Waals surface area contributed by atoms with Crippen LogP contribution in [0.3, 0.4) is 0 Å². The second kappa shape index (κ2) is 13.9. The lowest BCUT2D eigenvalue weighted by atomic mass is 10.1. The van der Waals surface area contributed by atoms with Crippen molar-refractivity contribution in [3.8, 4) is 11.5 Å². The minimum absolute atomic E-state index is 0. The number of ether oxygens (including phenoxy) is 2. The number of benzene rings is 2. The molecule has 0 aliphatic carbocycles. The normalized spacial score (nSPS) is 13.5. The first-order valence-electron chi connectivity index (χ1n) is 11.2. The molecule has 8 heteroatoms. The maximum Gasteiger partial charge on any atom is 0.222 e. The number of hydrogen-bond acceptors (Lipinski definition) is 4. The second-order valence-corrected chi connectivity index (χ2v) is 7.85. The standard InChI is InChI=1S/C25H34N4O3.HI/c1-4-26-25(28(2)15-16-32-23-12-10-22(31-3)11-13-23)27-18-20-7-5-8-21(17-20)19-29-14-6-9-24(29)30;/h5,7-8,10-13,17H,4,6,9,14-16,18-19H2,1-3H3,(H,26,27);1H. The van der Waals surface area contributed by atoms with Crippen molar-refractivity contribution in [2.24, 2.45) is 4.99 Å². The average molecular weight is 566 g/mol. The Hall–Kier alpha value is -2.49. The summed E-state index contributed by atoms with van der Waals surface area (Å²) >= 11 is 0. The van der Waals surface area contributed by atoms with Gasteiger partial charge in [0.15, 0.2) is 5.96 Å². The lowest BCUT2D eigenvalue weighted by molar-refractivity contribution is -0.128. The van der Waals surface area contributed by atoms with Gasteiger partial charge in [0.1, 0.15) is 18.1 Å². The fourth-order valence-corrected chi connectivity index (χ4v) is 3.63. The van der Waals surface area contributed by atoms with Crippen molar-refractivity contribution in [2.45, 2.75) is 32.9 Å². The number of aliphatic imine (C=N–C) groups is 1. The van der Waals surface area contributed by atoms with E-state index in [9.17, 15) is 4.79 Å². The Morgan fingerprint density at radius 1 is 1.15 bits per heavy atom. The first kappa shape index (κ1) is 26.8. The van der Waals surface area contributed by atoms with E-state index in [1.54, 1.807) is 7.11 Å². The molecule has 1 heterocycles. The molecule has 0 bridgehead atoms. The van der Waals surface area contributed by atoms with Gasteiger partial charge in [-0.25, -0.2) is 4.99 Å². The molecule has 1 amide bonds. The number of nitrogens with zero attached hydrogens (tertiary/aromatic N) is 3. The van der Waals surface area contributed by atoms with E-state index >= 15 is 0 Å². The summed E-state index contributed by atoms with van der Waals surface area (Å²) in [6.45, 7) is 6.22. The van der Waals surface area contributed by atoms with E-state index in [2.05, 4.69) is 35.3 Å². The summed E-state index contributed by atoms with van der Waals surface area (Å²) in [6, 6.07) is 15.9. The highest BCUT2D eigenvalue weighted by Crippen LogP contribution is 2.17. The summed E-state index contributed by atoms with van der Waals surface area (Å²) in [5, 5.41) is 3.35. The van der Waals surface area contributed by atoms with Crippen LogP contribution in [0.2, 0.25) is 0 Å². The molecule has 7 nitrogen and oxygen atoms in total. The van der Waals surface area contributed by atoms with Gasteiger partial charge in [0, 0.05) is 33.1 Å². The Morgan fingerprint density at radius 3 is 2.55 bits per heavy atom. The van der Waals surface area contributed by atoms with Gasteiger partial charge in [0.2, 0.25) is 5.91 Å². The van der Waals surface area contributed by atoms with Gasteiger partial charge in [0.05, 0.1) is 20.2 Å². The van der Waals surface area contributed by atoms with Crippen LogP contribution in [0, 0.1) is 0 Å². The molecule has 1 N–H and O–H groups in total. The van der Waals surface area contributed by atoms with Crippen LogP contribution in [-0.4, -0.2) is 62.1 Å². The summed E-state index contributed by atoms with van der Waals surface area (Å²) in [4.78, 5) is 20.7. The smallest absolute Gasteiger partial charge is 0.222 e. The van der Waals surface area contributed by atoms with Crippen molar-refractivity contribution >= 4 is 35.8 Å². The quantitative estimate of drug-likeness (QED) is 0.269. The van der Waals surface area contributed by atoms with Crippen LogP contribution in [0.1, 0.15) is 30.9 Å². The van der Waals surface area contributed by atoms with Crippen molar-refractivity contribution in [1.29, 1.82) is 0 Å². The molecule has 0 spiro atoms. The molecule has 33 heavy (non-hydrogen) atoms. The fourth-order valence-electron chi connectivity index (χ4n) is 3.63. The van der Waals surface area contributed by atoms with Crippen molar-refractivity contribution in [3.63, 3.8) is 0 Å². The van der Waals surface area contributed by atoms with Crippen molar-refractivity contribution in [3.05, 3.63) is 59.7 Å². The Morgan fingerprint density at radius 2 is 1.88 bits per heavy atom. The number of likely N-dealkylation sites (tertiary alicyclic amines) is 1. The van der Waals surface area contributed by atoms with Crippen LogP contribution in [-0.2, 0) is 17.9 Å². The maximum absolute atomic E-state index is 11.9. The second-order valence-electron chi connectivity index (χ2n) is 7.85. The van der Waals surface area contributed by atoms with Crippen LogP contribution in [0.25, 0.3) is 0 Å². The highest BCUT2D eigenvalue weighted by molar-refractivity contribution is 14.0. The zero-order chi connectivity index (χ0) is 22.8. The number of amides is 1. The number of guanidine groups is 1. The highest BCUT2D eigenvalue weighted by Gasteiger charge is 2.19. The molecule has 0 unspecified atom stereocenters. The van der Waals surface area contributed by atoms with Crippen molar-refractivity contribution in [2.75, 3.05) is 40.4 Å². The van der Waals surface area contributed by atoms with E-state index in [1.807, 2.05) is 42.3 Å².